The SMILES string of the molecule is Cn1ncc(N)c1-c1ccccc1C(C)(C)C. The molecule has 0 radical (unpaired) electrons. The second kappa shape index (κ2) is 3.91. The van der Waals surface area contributed by atoms with Crippen LogP contribution in [0.4, 0.5) is 5.69 Å². The molecule has 0 saturated carbocycles. The minimum Gasteiger partial charge on any atom is -0.396 e. The van der Waals surface area contributed by atoms with E-state index in [9.17, 15) is 0 Å². The van der Waals surface area contributed by atoms with E-state index >= 15 is 0 Å². The van der Waals surface area contributed by atoms with Crippen molar-refractivity contribution in [2.45, 2.75) is 26.2 Å². The molecule has 2 aromatic rings. The van der Waals surface area contributed by atoms with Crippen molar-refractivity contribution in [1.29, 1.82) is 0 Å². The van der Waals surface area contributed by atoms with Gasteiger partial charge in [-0.25, -0.2) is 0 Å². The van der Waals surface area contributed by atoms with Crippen molar-refractivity contribution in [3.63, 3.8) is 0 Å². The number of nitrogens with two attached hydrogens (primary N) is 1. The Labute approximate surface area is 102 Å². The van der Waals surface area contributed by atoms with Gasteiger partial charge in [0.25, 0.3) is 0 Å². The van der Waals surface area contributed by atoms with Crippen LogP contribution >= 0.6 is 0 Å². The van der Waals surface area contributed by atoms with Crippen molar-refractivity contribution in [1.82, 2.24) is 9.78 Å². The highest BCUT2D eigenvalue weighted by Crippen LogP contribution is 2.34. The predicted octanol–water partition coefficient (Wildman–Crippen LogP) is 2.97. The average Bonchev–Trinajstić information content (AvgIpc) is 2.57. The summed E-state index contributed by atoms with van der Waals surface area (Å²) in [4.78, 5) is 0. The van der Waals surface area contributed by atoms with E-state index in [0.717, 1.165) is 16.9 Å². The topological polar surface area (TPSA) is 43.8 Å². The molecule has 2 N–H and O–H groups in total. The normalized spacial score (nSPS) is 11.8. The third-order valence-electron chi connectivity index (χ3n) is 2.96. The molecule has 0 unspecified atom stereocenters. The second-order valence-electron chi connectivity index (χ2n) is 5.37. The zero-order valence-electron chi connectivity index (χ0n) is 10.9. The van der Waals surface area contributed by atoms with E-state index < -0.39 is 0 Å². The molecule has 0 aliphatic carbocycles. The number of benzene rings is 1. The lowest BCUT2D eigenvalue weighted by Crippen LogP contribution is -2.13. The molecule has 17 heavy (non-hydrogen) atoms. The Morgan fingerprint density at radius 2 is 1.82 bits per heavy atom. The molecule has 1 aromatic heterocycles. The number of anilines is 1. The van der Waals surface area contributed by atoms with Gasteiger partial charge >= 0.3 is 0 Å². The van der Waals surface area contributed by atoms with Crippen LogP contribution in [0.25, 0.3) is 11.3 Å². The third kappa shape index (κ3) is 2.05. The molecule has 0 atom stereocenters. The molecule has 0 bridgehead atoms. The summed E-state index contributed by atoms with van der Waals surface area (Å²) in [7, 11) is 1.92. The van der Waals surface area contributed by atoms with E-state index in [0.29, 0.717) is 0 Å². The highest BCUT2D eigenvalue weighted by Gasteiger charge is 2.20. The lowest BCUT2D eigenvalue weighted by molar-refractivity contribution is 0.591. The van der Waals surface area contributed by atoms with Crippen LogP contribution in [0, 0.1) is 0 Å². The van der Waals surface area contributed by atoms with Crippen molar-refractivity contribution < 1.29 is 0 Å². The second-order valence-corrected chi connectivity index (χ2v) is 5.37. The van der Waals surface area contributed by atoms with Gasteiger partial charge in [-0.2, -0.15) is 5.10 Å². The molecule has 0 fully saturated rings. The molecule has 1 heterocycles. The van der Waals surface area contributed by atoms with Gasteiger partial charge in [0.05, 0.1) is 17.6 Å². The average molecular weight is 229 g/mol. The smallest absolute Gasteiger partial charge is 0.0911 e. The van der Waals surface area contributed by atoms with Crippen LogP contribution in [0.1, 0.15) is 26.3 Å². The van der Waals surface area contributed by atoms with E-state index in [2.05, 4.69) is 44.1 Å². The highest BCUT2D eigenvalue weighted by molar-refractivity contribution is 5.75. The van der Waals surface area contributed by atoms with E-state index in [1.807, 2.05) is 17.8 Å². The molecule has 0 aliphatic heterocycles. The van der Waals surface area contributed by atoms with Crippen LogP contribution in [0.5, 0.6) is 0 Å². The molecule has 3 nitrogen and oxygen atoms in total. The van der Waals surface area contributed by atoms with E-state index in [1.165, 1.54) is 5.56 Å². The van der Waals surface area contributed by atoms with Crippen LogP contribution in [-0.4, -0.2) is 9.78 Å². The monoisotopic (exact) mass is 229 g/mol. The van der Waals surface area contributed by atoms with Crippen molar-refractivity contribution in [2.75, 3.05) is 5.73 Å². The Morgan fingerprint density at radius 1 is 1.18 bits per heavy atom. The quantitative estimate of drug-likeness (QED) is 0.817. The summed E-state index contributed by atoms with van der Waals surface area (Å²) in [6, 6.07) is 8.36. The Hall–Kier alpha value is -1.77. The first-order chi connectivity index (χ1) is 7.91. The van der Waals surface area contributed by atoms with E-state index in [4.69, 9.17) is 5.73 Å². The summed E-state index contributed by atoms with van der Waals surface area (Å²) in [5.74, 6) is 0. The zero-order valence-corrected chi connectivity index (χ0v) is 10.9. The summed E-state index contributed by atoms with van der Waals surface area (Å²) in [6.45, 7) is 6.62. The molecular weight excluding hydrogens is 210 g/mol. The number of aryl methyl sites for hydroxylation is 1. The van der Waals surface area contributed by atoms with Gasteiger partial charge < -0.3 is 5.73 Å². The number of hydrogen-bond acceptors (Lipinski definition) is 2. The first-order valence-electron chi connectivity index (χ1n) is 5.78. The third-order valence-corrected chi connectivity index (χ3v) is 2.96. The fraction of sp³-hybridized carbons (Fsp3) is 0.357. The Bertz CT molecular complexity index is 513. The summed E-state index contributed by atoms with van der Waals surface area (Å²) in [5, 5.41) is 4.21. The number of nitrogen functional groups attached to an aromatic ring is 1. The fourth-order valence-electron chi connectivity index (χ4n) is 2.13. The fourth-order valence-corrected chi connectivity index (χ4v) is 2.13. The van der Waals surface area contributed by atoms with E-state index in [-0.39, 0.29) is 5.41 Å². The van der Waals surface area contributed by atoms with Crippen LogP contribution in [0.15, 0.2) is 30.5 Å². The van der Waals surface area contributed by atoms with Gasteiger partial charge in [0, 0.05) is 12.6 Å². The Kier molecular flexibility index (Phi) is 2.69. The van der Waals surface area contributed by atoms with Crippen molar-refractivity contribution in [2.24, 2.45) is 7.05 Å². The molecule has 1 aromatic carbocycles. The van der Waals surface area contributed by atoms with Gasteiger partial charge in [0.15, 0.2) is 0 Å². The summed E-state index contributed by atoms with van der Waals surface area (Å²) < 4.78 is 1.83. The largest absolute Gasteiger partial charge is 0.396 e. The van der Waals surface area contributed by atoms with Crippen molar-refractivity contribution >= 4 is 5.69 Å². The van der Waals surface area contributed by atoms with Gasteiger partial charge in [-0.3, -0.25) is 4.68 Å². The highest BCUT2D eigenvalue weighted by atomic mass is 15.3. The molecule has 0 saturated heterocycles. The van der Waals surface area contributed by atoms with Gasteiger partial charge in [-0.15, -0.1) is 0 Å². The van der Waals surface area contributed by atoms with E-state index in [1.54, 1.807) is 6.20 Å². The van der Waals surface area contributed by atoms with Gasteiger partial charge in [-0.1, -0.05) is 45.0 Å². The minimum atomic E-state index is 0.0906. The molecule has 2 rings (SSSR count). The number of hydrogen-bond donors (Lipinski definition) is 1. The zero-order chi connectivity index (χ0) is 12.6. The summed E-state index contributed by atoms with van der Waals surface area (Å²) in [6.07, 6.45) is 1.70. The molecular formula is C14H19N3. The number of aromatic nitrogens is 2. The van der Waals surface area contributed by atoms with Crippen LogP contribution in [0.3, 0.4) is 0 Å². The van der Waals surface area contributed by atoms with Crippen LogP contribution in [-0.2, 0) is 12.5 Å². The minimum absolute atomic E-state index is 0.0906. The molecule has 0 spiro atoms. The maximum absolute atomic E-state index is 6.00. The van der Waals surface area contributed by atoms with Gasteiger partial charge in [-0.05, 0) is 11.0 Å². The van der Waals surface area contributed by atoms with Gasteiger partial charge in [0.2, 0.25) is 0 Å². The van der Waals surface area contributed by atoms with Crippen molar-refractivity contribution in [3.05, 3.63) is 36.0 Å². The maximum Gasteiger partial charge on any atom is 0.0911 e. The Balaban J connectivity index is 2.69. The predicted molar refractivity (Wildman–Crippen MR) is 71.8 cm³/mol. The maximum atomic E-state index is 6.00. The van der Waals surface area contributed by atoms with Gasteiger partial charge in [0.1, 0.15) is 0 Å². The first kappa shape index (κ1) is 11.7. The lowest BCUT2D eigenvalue weighted by atomic mass is 9.83. The van der Waals surface area contributed by atoms with Crippen LogP contribution < -0.4 is 5.73 Å². The Morgan fingerprint density at radius 3 is 2.35 bits per heavy atom. The summed E-state index contributed by atoms with van der Waals surface area (Å²) in [5.41, 5.74) is 10.3. The lowest BCUT2D eigenvalue weighted by Gasteiger charge is -2.23. The van der Waals surface area contributed by atoms with Crippen LogP contribution in [0.2, 0.25) is 0 Å². The number of rotatable bonds is 1. The molecule has 0 amide bonds. The van der Waals surface area contributed by atoms with Crippen molar-refractivity contribution in [3.8, 4) is 11.3 Å². The molecule has 0 aliphatic rings. The summed E-state index contributed by atoms with van der Waals surface area (Å²) >= 11 is 0. The first-order valence-corrected chi connectivity index (χ1v) is 5.78. The molecule has 90 valence electrons. The molecule has 3 heteroatoms. The standard InChI is InChI=1S/C14H19N3/c1-14(2,3)11-8-6-5-7-10(11)13-12(15)9-16-17(13)4/h5-9H,15H2,1-4H3. The number of nitrogens with zero attached hydrogens (tertiary/aromatic N) is 2.